The van der Waals surface area contributed by atoms with Gasteiger partial charge in [0.2, 0.25) is 0 Å². The van der Waals surface area contributed by atoms with Gasteiger partial charge in [-0.1, -0.05) is 0 Å². The van der Waals surface area contributed by atoms with Gasteiger partial charge < -0.3 is 9.84 Å². The number of aliphatic hydroxyl groups is 1. The first kappa shape index (κ1) is 7.54. The summed E-state index contributed by atoms with van der Waals surface area (Å²) in [6.45, 7) is 4.78. The molecule has 1 N–H and O–H groups in total. The summed E-state index contributed by atoms with van der Waals surface area (Å²) in [5, 5.41) is 8.54. The Bertz CT molecular complexity index is 152. The van der Waals surface area contributed by atoms with E-state index in [4.69, 9.17) is 9.84 Å². The lowest BCUT2D eigenvalue weighted by Crippen LogP contribution is -2.17. The van der Waals surface area contributed by atoms with Gasteiger partial charge in [0.25, 0.3) is 0 Å². The lowest BCUT2D eigenvalue weighted by molar-refractivity contribution is 0.257. The van der Waals surface area contributed by atoms with E-state index in [9.17, 15) is 0 Å². The summed E-state index contributed by atoms with van der Waals surface area (Å²) in [6.07, 6.45) is 0.545. The van der Waals surface area contributed by atoms with Gasteiger partial charge in [0.1, 0.15) is 6.61 Å². The van der Waals surface area contributed by atoms with Gasteiger partial charge in [0, 0.05) is 6.42 Å². The van der Waals surface area contributed by atoms with Crippen molar-refractivity contribution in [3.8, 4) is 0 Å². The number of nitrogens with zero attached hydrogens (tertiary/aromatic N) is 1. The van der Waals surface area contributed by atoms with E-state index in [2.05, 4.69) is 4.99 Å². The fourth-order valence-electron chi connectivity index (χ4n) is 0.886. The molecule has 1 heterocycles. The van der Waals surface area contributed by atoms with Crippen molar-refractivity contribution in [1.29, 1.82) is 0 Å². The van der Waals surface area contributed by atoms with Crippen LogP contribution in [0.2, 0.25) is 0 Å². The molecule has 0 radical (unpaired) electrons. The molecule has 0 unspecified atom stereocenters. The Morgan fingerprint density at radius 3 is 2.80 bits per heavy atom. The number of ether oxygens (including phenoxy) is 1. The molecule has 0 amide bonds. The lowest BCUT2D eigenvalue weighted by atomic mass is 10.1. The van der Waals surface area contributed by atoms with Gasteiger partial charge in [-0.25, -0.2) is 4.99 Å². The Morgan fingerprint density at radius 2 is 2.40 bits per heavy atom. The van der Waals surface area contributed by atoms with Gasteiger partial charge in [-0.3, -0.25) is 0 Å². The molecule has 3 nitrogen and oxygen atoms in total. The highest BCUT2D eigenvalue weighted by atomic mass is 16.5. The van der Waals surface area contributed by atoms with Crippen LogP contribution in [-0.4, -0.2) is 29.8 Å². The van der Waals surface area contributed by atoms with Crippen LogP contribution in [0.4, 0.5) is 0 Å². The van der Waals surface area contributed by atoms with Crippen LogP contribution in [0.25, 0.3) is 0 Å². The minimum atomic E-state index is -0.0789. The maximum atomic E-state index is 8.54. The molecule has 0 aliphatic carbocycles. The Balaban J connectivity index is 2.49. The Labute approximate surface area is 60.7 Å². The van der Waals surface area contributed by atoms with Gasteiger partial charge in [-0.2, -0.15) is 0 Å². The largest absolute Gasteiger partial charge is 0.478 e. The zero-order valence-electron chi connectivity index (χ0n) is 6.42. The van der Waals surface area contributed by atoms with E-state index in [1.54, 1.807) is 0 Å². The molecular formula is C7H13NO2. The van der Waals surface area contributed by atoms with Crippen LogP contribution >= 0.6 is 0 Å². The second kappa shape index (κ2) is 2.58. The highest BCUT2D eigenvalue weighted by Gasteiger charge is 2.25. The third-order valence-corrected chi connectivity index (χ3v) is 1.35. The van der Waals surface area contributed by atoms with Crippen LogP contribution in [0.15, 0.2) is 4.99 Å². The zero-order valence-corrected chi connectivity index (χ0v) is 6.42. The SMILES string of the molecule is CC1(C)COC(CCO)=N1. The highest BCUT2D eigenvalue weighted by molar-refractivity contribution is 5.78. The normalized spacial score (nSPS) is 22.1. The molecule has 10 heavy (non-hydrogen) atoms. The van der Waals surface area contributed by atoms with E-state index >= 15 is 0 Å². The summed E-state index contributed by atoms with van der Waals surface area (Å²) < 4.78 is 5.20. The van der Waals surface area contributed by atoms with Crippen molar-refractivity contribution in [2.45, 2.75) is 25.8 Å². The number of aliphatic imine (C=N–C) groups is 1. The summed E-state index contributed by atoms with van der Waals surface area (Å²) in [5.41, 5.74) is -0.0789. The van der Waals surface area contributed by atoms with E-state index in [1.165, 1.54) is 0 Å². The smallest absolute Gasteiger partial charge is 0.186 e. The Morgan fingerprint density at radius 1 is 1.70 bits per heavy atom. The summed E-state index contributed by atoms with van der Waals surface area (Å²) >= 11 is 0. The van der Waals surface area contributed by atoms with Crippen LogP contribution in [0.5, 0.6) is 0 Å². The standard InChI is InChI=1S/C7H13NO2/c1-7(2)5-10-6(8-7)3-4-9/h9H,3-5H2,1-2H3. The molecule has 1 rings (SSSR count). The number of rotatable bonds is 2. The van der Waals surface area contributed by atoms with E-state index in [0.29, 0.717) is 18.9 Å². The molecule has 0 aromatic heterocycles. The van der Waals surface area contributed by atoms with Crippen molar-refractivity contribution in [3.63, 3.8) is 0 Å². The summed E-state index contributed by atoms with van der Waals surface area (Å²) in [6, 6.07) is 0. The minimum absolute atomic E-state index is 0.0789. The number of hydrogen-bond acceptors (Lipinski definition) is 3. The Kier molecular flexibility index (Phi) is 1.94. The topological polar surface area (TPSA) is 41.8 Å². The van der Waals surface area contributed by atoms with Crippen molar-refractivity contribution >= 4 is 5.90 Å². The van der Waals surface area contributed by atoms with Crippen LogP contribution in [0.3, 0.4) is 0 Å². The molecule has 0 fully saturated rings. The monoisotopic (exact) mass is 143 g/mol. The fourth-order valence-corrected chi connectivity index (χ4v) is 0.886. The second-order valence-corrected chi connectivity index (χ2v) is 3.08. The van der Waals surface area contributed by atoms with E-state index in [0.717, 1.165) is 0 Å². The first-order valence-corrected chi connectivity index (χ1v) is 3.46. The average molecular weight is 143 g/mol. The van der Waals surface area contributed by atoms with Crippen molar-refractivity contribution in [2.75, 3.05) is 13.2 Å². The molecule has 0 saturated heterocycles. The average Bonchev–Trinajstić information content (AvgIpc) is 2.12. The van der Waals surface area contributed by atoms with Gasteiger partial charge in [-0.15, -0.1) is 0 Å². The molecule has 0 aromatic carbocycles. The fraction of sp³-hybridized carbons (Fsp3) is 0.857. The van der Waals surface area contributed by atoms with Crippen molar-refractivity contribution in [2.24, 2.45) is 4.99 Å². The van der Waals surface area contributed by atoms with Crippen LogP contribution in [-0.2, 0) is 4.74 Å². The molecule has 0 atom stereocenters. The molecule has 0 aromatic rings. The quantitative estimate of drug-likeness (QED) is 0.614. The predicted molar refractivity (Wildman–Crippen MR) is 39.2 cm³/mol. The van der Waals surface area contributed by atoms with Crippen molar-refractivity contribution in [1.82, 2.24) is 0 Å². The van der Waals surface area contributed by atoms with Crippen molar-refractivity contribution < 1.29 is 9.84 Å². The summed E-state index contributed by atoms with van der Waals surface area (Å²) in [7, 11) is 0. The molecule has 1 aliphatic heterocycles. The van der Waals surface area contributed by atoms with Gasteiger partial charge in [-0.05, 0) is 13.8 Å². The third kappa shape index (κ3) is 1.70. The molecule has 0 bridgehead atoms. The molecule has 0 spiro atoms. The summed E-state index contributed by atoms with van der Waals surface area (Å²) in [5.74, 6) is 0.688. The van der Waals surface area contributed by atoms with Crippen LogP contribution in [0, 0.1) is 0 Å². The first-order valence-electron chi connectivity index (χ1n) is 3.46. The van der Waals surface area contributed by atoms with Gasteiger partial charge >= 0.3 is 0 Å². The third-order valence-electron chi connectivity index (χ3n) is 1.35. The summed E-state index contributed by atoms with van der Waals surface area (Å²) in [4.78, 5) is 4.24. The maximum absolute atomic E-state index is 8.54. The Hall–Kier alpha value is -0.570. The van der Waals surface area contributed by atoms with E-state index in [-0.39, 0.29) is 12.1 Å². The molecule has 3 heteroatoms. The molecule has 1 aliphatic rings. The molecule has 0 saturated carbocycles. The lowest BCUT2D eigenvalue weighted by Gasteiger charge is -2.07. The second-order valence-electron chi connectivity index (χ2n) is 3.08. The van der Waals surface area contributed by atoms with Crippen LogP contribution < -0.4 is 0 Å². The molecular weight excluding hydrogens is 130 g/mol. The number of hydrogen-bond donors (Lipinski definition) is 1. The minimum Gasteiger partial charge on any atom is -0.478 e. The first-order chi connectivity index (χ1) is 4.64. The zero-order chi connectivity index (χ0) is 7.61. The predicted octanol–water partition coefficient (Wildman–Crippen LogP) is 0.576. The van der Waals surface area contributed by atoms with E-state index in [1.807, 2.05) is 13.8 Å². The van der Waals surface area contributed by atoms with Crippen LogP contribution in [0.1, 0.15) is 20.3 Å². The highest BCUT2D eigenvalue weighted by Crippen LogP contribution is 2.17. The van der Waals surface area contributed by atoms with Gasteiger partial charge in [0.15, 0.2) is 5.90 Å². The maximum Gasteiger partial charge on any atom is 0.186 e. The van der Waals surface area contributed by atoms with Crippen molar-refractivity contribution in [3.05, 3.63) is 0 Å². The number of aliphatic hydroxyl groups excluding tert-OH is 1. The van der Waals surface area contributed by atoms with Gasteiger partial charge in [0.05, 0.1) is 12.1 Å². The molecule has 58 valence electrons. The van der Waals surface area contributed by atoms with E-state index < -0.39 is 0 Å².